The van der Waals surface area contributed by atoms with Crippen LogP contribution in [0, 0.1) is 6.92 Å². The molecule has 3 nitrogen and oxygen atoms in total. The van der Waals surface area contributed by atoms with Crippen LogP contribution in [0.5, 0.6) is 5.75 Å². The second kappa shape index (κ2) is 7.55. The highest BCUT2D eigenvalue weighted by Gasteiger charge is 2.19. The monoisotopic (exact) mass is 348 g/mol. The number of ether oxygens (including phenoxy) is 1. The zero-order valence-electron chi connectivity index (χ0n) is 15.9. The van der Waals surface area contributed by atoms with Gasteiger partial charge < -0.3 is 9.30 Å². The topological polar surface area (TPSA) is 17.4 Å². The largest absolute Gasteiger partial charge is 0.487 e. The van der Waals surface area contributed by atoms with Crippen molar-refractivity contribution in [3.05, 3.63) is 65.4 Å². The Hall–Kier alpha value is -2.26. The number of para-hydroxylation sites is 1. The molecule has 26 heavy (non-hydrogen) atoms. The first kappa shape index (κ1) is 17.2. The zero-order valence-corrected chi connectivity index (χ0v) is 15.9. The van der Waals surface area contributed by atoms with E-state index in [9.17, 15) is 0 Å². The van der Waals surface area contributed by atoms with E-state index in [-0.39, 0.29) is 0 Å². The average Bonchev–Trinajstić information content (AvgIpc) is 2.94. The predicted molar refractivity (Wildman–Crippen MR) is 108 cm³/mol. The fourth-order valence-electron chi connectivity index (χ4n) is 4.01. The summed E-state index contributed by atoms with van der Waals surface area (Å²) in [5, 5.41) is 1.36. The second-order valence-corrected chi connectivity index (χ2v) is 7.44. The molecule has 0 spiro atoms. The molecule has 3 aromatic rings. The van der Waals surface area contributed by atoms with Crippen LogP contribution in [0.2, 0.25) is 0 Å². The molecule has 4 rings (SSSR count). The molecular weight excluding hydrogens is 320 g/mol. The van der Waals surface area contributed by atoms with Gasteiger partial charge in [0.1, 0.15) is 12.4 Å². The number of hydrogen-bond donors (Lipinski definition) is 0. The molecule has 0 saturated carbocycles. The summed E-state index contributed by atoms with van der Waals surface area (Å²) in [6.45, 7) is 6.15. The number of likely N-dealkylation sites (tertiary alicyclic amines) is 1. The van der Waals surface area contributed by atoms with Gasteiger partial charge >= 0.3 is 0 Å². The van der Waals surface area contributed by atoms with Crippen molar-refractivity contribution in [2.45, 2.75) is 39.3 Å². The minimum Gasteiger partial charge on any atom is -0.487 e. The summed E-state index contributed by atoms with van der Waals surface area (Å²) in [5.74, 6) is 0.935. The van der Waals surface area contributed by atoms with Gasteiger partial charge in [0.2, 0.25) is 0 Å². The first-order valence-electron chi connectivity index (χ1n) is 9.69. The average molecular weight is 348 g/mol. The quantitative estimate of drug-likeness (QED) is 0.642. The second-order valence-electron chi connectivity index (χ2n) is 7.44. The van der Waals surface area contributed by atoms with E-state index in [0.717, 1.165) is 12.3 Å². The highest BCUT2D eigenvalue weighted by Crippen LogP contribution is 2.28. The minimum atomic E-state index is 0.609. The molecule has 1 fully saturated rings. The smallest absolute Gasteiger partial charge is 0.129 e. The fraction of sp³-hybridized carbons (Fsp3) is 0.391. The predicted octanol–water partition coefficient (Wildman–Crippen LogP) is 5.05. The van der Waals surface area contributed by atoms with Crippen LogP contribution in [0.1, 0.15) is 36.1 Å². The van der Waals surface area contributed by atoms with E-state index in [0.29, 0.717) is 6.61 Å². The van der Waals surface area contributed by atoms with Crippen molar-refractivity contribution in [3.8, 4) is 5.75 Å². The van der Waals surface area contributed by atoms with Gasteiger partial charge in [-0.15, -0.1) is 0 Å². The number of fused-ring (bicyclic) bond motifs is 1. The number of rotatable bonds is 5. The summed E-state index contributed by atoms with van der Waals surface area (Å²) in [4.78, 5) is 2.60. The van der Waals surface area contributed by atoms with Crippen molar-refractivity contribution in [1.29, 1.82) is 0 Å². The van der Waals surface area contributed by atoms with Crippen molar-refractivity contribution in [1.82, 2.24) is 9.47 Å². The zero-order chi connectivity index (χ0) is 17.9. The van der Waals surface area contributed by atoms with E-state index in [2.05, 4.69) is 72.0 Å². The Morgan fingerprint density at radius 2 is 1.65 bits per heavy atom. The van der Waals surface area contributed by atoms with Gasteiger partial charge in [-0.25, -0.2) is 0 Å². The summed E-state index contributed by atoms with van der Waals surface area (Å²) in [5.41, 5.74) is 5.27. The molecule has 0 N–H and O–H groups in total. The molecule has 0 bridgehead atoms. The summed E-state index contributed by atoms with van der Waals surface area (Å²) in [6, 6.07) is 17.1. The first-order valence-corrected chi connectivity index (χ1v) is 9.69. The lowest BCUT2D eigenvalue weighted by Crippen LogP contribution is -2.29. The van der Waals surface area contributed by atoms with Gasteiger partial charge in [0.05, 0.1) is 5.69 Å². The van der Waals surface area contributed by atoms with Gasteiger partial charge in [-0.05, 0) is 56.6 Å². The van der Waals surface area contributed by atoms with Gasteiger partial charge in [0.25, 0.3) is 0 Å². The summed E-state index contributed by atoms with van der Waals surface area (Å²) >= 11 is 0. The van der Waals surface area contributed by atoms with Crippen LogP contribution < -0.4 is 4.74 Å². The molecule has 2 heterocycles. The van der Waals surface area contributed by atoms with E-state index >= 15 is 0 Å². The van der Waals surface area contributed by atoms with Crippen LogP contribution in [0.25, 0.3) is 10.9 Å². The highest BCUT2D eigenvalue weighted by atomic mass is 16.5. The normalized spacial score (nSPS) is 15.5. The number of hydrogen-bond acceptors (Lipinski definition) is 2. The molecule has 0 aliphatic carbocycles. The SMILES string of the molecule is Cc1ccc(OCc2c(CN3CCCCC3)c3ccccc3n2C)cc1. The molecule has 0 amide bonds. The number of aryl methyl sites for hydroxylation is 2. The Morgan fingerprint density at radius 3 is 2.42 bits per heavy atom. The lowest BCUT2D eigenvalue weighted by Gasteiger charge is -2.26. The maximum Gasteiger partial charge on any atom is 0.129 e. The van der Waals surface area contributed by atoms with Crippen LogP contribution >= 0.6 is 0 Å². The molecule has 136 valence electrons. The number of piperidine rings is 1. The minimum absolute atomic E-state index is 0.609. The summed E-state index contributed by atoms with van der Waals surface area (Å²) in [6.07, 6.45) is 4.01. The van der Waals surface area contributed by atoms with Gasteiger partial charge in [-0.3, -0.25) is 4.90 Å². The van der Waals surface area contributed by atoms with Crippen molar-refractivity contribution in [3.63, 3.8) is 0 Å². The van der Waals surface area contributed by atoms with Crippen molar-refractivity contribution >= 4 is 10.9 Å². The van der Waals surface area contributed by atoms with E-state index in [1.165, 1.54) is 60.1 Å². The Balaban J connectivity index is 1.64. The molecule has 0 atom stereocenters. The molecule has 1 saturated heterocycles. The van der Waals surface area contributed by atoms with Crippen LogP contribution in [0.3, 0.4) is 0 Å². The maximum absolute atomic E-state index is 6.15. The standard InChI is InChI=1S/C23H28N2O/c1-18-10-12-19(13-11-18)26-17-23-21(16-25-14-6-3-7-15-25)20-8-4-5-9-22(20)24(23)2/h4-5,8-13H,3,6-7,14-17H2,1-2H3. The van der Waals surface area contributed by atoms with Crippen LogP contribution in [0.15, 0.2) is 48.5 Å². The van der Waals surface area contributed by atoms with Gasteiger partial charge in [0.15, 0.2) is 0 Å². The third kappa shape index (κ3) is 3.49. The lowest BCUT2D eigenvalue weighted by atomic mass is 10.1. The highest BCUT2D eigenvalue weighted by molar-refractivity contribution is 5.85. The molecule has 1 aliphatic rings. The Morgan fingerprint density at radius 1 is 0.923 bits per heavy atom. The van der Waals surface area contributed by atoms with Crippen molar-refractivity contribution < 1.29 is 4.74 Å². The Labute approximate surface area is 156 Å². The molecule has 1 aliphatic heterocycles. The molecule has 1 aromatic heterocycles. The molecular formula is C23H28N2O. The van der Waals surface area contributed by atoms with Crippen LogP contribution in [-0.2, 0) is 20.2 Å². The lowest BCUT2D eigenvalue weighted by molar-refractivity contribution is 0.218. The fourth-order valence-corrected chi connectivity index (χ4v) is 4.01. The van der Waals surface area contributed by atoms with Crippen LogP contribution in [-0.4, -0.2) is 22.6 Å². The van der Waals surface area contributed by atoms with E-state index in [1.54, 1.807) is 0 Å². The molecule has 2 aromatic carbocycles. The molecule has 0 radical (unpaired) electrons. The van der Waals surface area contributed by atoms with E-state index < -0.39 is 0 Å². The first-order chi connectivity index (χ1) is 12.7. The van der Waals surface area contributed by atoms with Gasteiger partial charge in [-0.2, -0.15) is 0 Å². The van der Waals surface area contributed by atoms with E-state index in [1.807, 2.05) is 0 Å². The molecule has 3 heteroatoms. The van der Waals surface area contributed by atoms with Crippen molar-refractivity contribution in [2.75, 3.05) is 13.1 Å². The van der Waals surface area contributed by atoms with Gasteiger partial charge in [-0.1, -0.05) is 42.3 Å². The summed E-state index contributed by atoms with van der Waals surface area (Å²) < 4.78 is 8.46. The number of aromatic nitrogens is 1. The Bertz CT molecular complexity index is 873. The number of benzene rings is 2. The van der Waals surface area contributed by atoms with Gasteiger partial charge in [0, 0.05) is 24.5 Å². The molecule has 0 unspecified atom stereocenters. The Kier molecular flexibility index (Phi) is 4.98. The van der Waals surface area contributed by atoms with E-state index in [4.69, 9.17) is 4.74 Å². The third-order valence-electron chi connectivity index (χ3n) is 5.57. The number of nitrogens with zero attached hydrogens (tertiary/aromatic N) is 2. The van der Waals surface area contributed by atoms with Crippen molar-refractivity contribution in [2.24, 2.45) is 7.05 Å². The third-order valence-corrected chi connectivity index (χ3v) is 5.57. The maximum atomic E-state index is 6.15. The van der Waals surface area contributed by atoms with Crippen LogP contribution in [0.4, 0.5) is 0 Å². The summed E-state index contributed by atoms with van der Waals surface area (Å²) in [7, 11) is 2.16.